The van der Waals surface area contributed by atoms with Gasteiger partial charge in [0.25, 0.3) is 0 Å². The van der Waals surface area contributed by atoms with E-state index < -0.39 is 0 Å². The number of hydrogen-bond donors (Lipinski definition) is 0. The molecule has 2 fully saturated rings. The molecule has 2 bridgehead atoms. The predicted octanol–water partition coefficient (Wildman–Crippen LogP) is 3.99. The van der Waals surface area contributed by atoms with Gasteiger partial charge in [0, 0.05) is 22.0 Å². The number of carbonyl (C=O) groups excluding carboxylic acids is 1. The zero-order chi connectivity index (χ0) is 12.7. The standard InChI is InChI=1S/C15H17FOS/c1-9-2-3-10(8-14(9)16)15(17)11-6-12-4-5-13(7-11)18-12/h2-3,8,11-13H,4-7H2,1H3. The highest BCUT2D eigenvalue weighted by atomic mass is 32.2. The van der Waals surface area contributed by atoms with Crippen molar-refractivity contribution in [3.8, 4) is 0 Å². The SMILES string of the molecule is Cc1ccc(C(=O)C2CC3CCC(C2)S3)cc1F. The van der Waals surface area contributed by atoms with Gasteiger partial charge in [-0.2, -0.15) is 11.8 Å². The monoisotopic (exact) mass is 264 g/mol. The van der Waals surface area contributed by atoms with Gasteiger partial charge < -0.3 is 0 Å². The number of thioether (sulfide) groups is 1. The second kappa shape index (κ2) is 4.69. The summed E-state index contributed by atoms with van der Waals surface area (Å²) in [6.07, 6.45) is 4.47. The minimum absolute atomic E-state index is 0.117. The lowest BCUT2D eigenvalue weighted by Gasteiger charge is -2.26. The maximum absolute atomic E-state index is 13.5. The molecule has 0 radical (unpaired) electrons. The summed E-state index contributed by atoms with van der Waals surface area (Å²) >= 11 is 2.05. The topological polar surface area (TPSA) is 17.1 Å². The first-order valence-electron chi connectivity index (χ1n) is 6.59. The average molecular weight is 264 g/mol. The first-order chi connectivity index (χ1) is 8.63. The third kappa shape index (κ3) is 2.20. The molecule has 3 heteroatoms. The molecule has 2 saturated heterocycles. The van der Waals surface area contributed by atoms with Gasteiger partial charge in [-0.25, -0.2) is 4.39 Å². The van der Waals surface area contributed by atoms with Crippen LogP contribution in [-0.2, 0) is 0 Å². The van der Waals surface area contributed by atoms with E-state index in [4.69, 9.17) is 0 Å². The smallest absolute Gasteiger partial charge is 0.166 e. The van der Waals surface area contributed by atoms with E-state index in [-0.39, 0.29) is 17.5 Å². The molecule has 0 spiro atoms. The Morgan fingerprint density at radius 3 is 2.56 bits per heavy atom. The molecule has 2 unspecified atom stereocenters. The molecular weight excluding hydrogens is 247 g/mol. The third-order valence-corrected chi connectivity index (χ3v) is 5.74. The Bertz CT molecular complexity index is 473. The Morgan fingerprint density at radius 1 is 1.28 bits per heavy atom. The lowest BCUT2D eigenvalue weighted by Crippen LogP contribution is -2.24. The number of benzene rings is 1. The summed E-state index contributed by atoms with van der Waals surface area (Å²) in [6.45, 7) is 1.72. The number of carbonyl (C=O) groups is 1. The van der Waals surface area contributed by atoms with Crippen molar-refractivity contribution >= 4 is 17.5 Å². The van der Waals surface area contributed by atoms with Crippen molar-refractivity contribution in [2.45, 2.75) is 43.1 Å². The molecule has 3 rings (SSSR count). The molecule has 2 aliphatic rings. The molecule has 1 aromatic rings. The van der Waals surface area contributed by atoms with Gasteiger partial charge >= 0.3 is 0 Å². The van der Waals surface area contributed by atoms with Gasteiger partial charge in [-0.3, -0.25) is 4.79 Å². The van der Waals surface area contributed by atoms with Crippen molar-refractivity contribution in [2.24, 2.45) is 5.92 Å². The highest BCUT2D eigenvalue weighted by Gasteiger charge is 2.37. The van der Waals surface area contributed by atoms with Crippen LogP contribution in [0.3, 0.4) is 0 Å². The van der Waals surface area contributed by atoms with Crippen molar-refractivity contribution < 1.29 is 9.18 Å². The van der Waals surface area contributed by atoms with Crippen LogP contribution in [0, 0.1) is 18.7 Å². The molecule has 1 nitrogen and oxygen atoms in total. The molecule has 96 valence electrons. The van der Waals surface area contributed by atoms with E-state index >= 15 is 0 Å². The van der Waals surface area contributed by atoms with Crippen molar-refractivity contribution in [3.05, 3.63) is 35.1 Å². The minimum atomic E-state index is -0.269. The minimum Gasteiger partial charge on any atom is -0.294 e. The summed E-state index contributed by atoms with van der Waals surface area (Å²) in [4.78, 5) is 12.4. The van der Waals surface area contributed by atoms with E-state index in [9.17, 15) is 9.18 Å². The Hall–Kier alpha value is -0.830. The number of hydrogen-bond acceptors (Lipinski definition) is 2. The van der Waals surface area contributed by atoms with Gasteiger partial charge in [-0.15, -0.1) is 0 Å². The first kappa shape index (κ1) is 12.2. The van der Waals surface area contributed by atoms with Crippen LogP contribution in [0.5, 0.6) is 0 Å². The van der Waals surface area contributed by atoms with Crippen LogP contribution in [0.4, 0.5) is 4.39 Å². The zero-order valence-corrected chi connectivity index (χ0v) is 11.3. The molecule has 0 saturated carbocycles. The van der Waals surface area contributed by atoms with E-state index in [1.54, 1.807) is 19.1 Å². The van der Waals surface area contributed by atoms with Gasteiger partial charge in [0.2, 0.25) is 0 Å². The second-order valence-electron chi connectivity index (χ2n) is 5.45. The van der Waals surface area contributed by atoms with Crippen LogP contribution in [0.1, 0.15) is 41.6 Å². The Balaban J connectivity index is 1.79. The Labute approximate surface area is 111 Å². The number of halogens is 1. The molecule has 0 aromatic heterocycles. The van der Waals surface area contributed by atoms with Crippen LogP contribution in [0.2, 0.25) is 0 Å². The van der Waals surface area contributed by atoms with Crippen LogP contribution in [0.25, 0.3) is 0 Å². The van der Waals surface area contributed by atoms with Crippen molar-refractivity contribution in [1.29, 1.82) is 0 Å². The summed E-state index contributed by atoms with van der Waals surface area (Å²) in [6, 6.07) is 4.88. The molecule has 2 atom stereocenters. The van der Waals surface area contributed by atoms with E-state index in [1.807, 2.05) is 11.8 Å². The van der Waals surface area contributed by atoms with Gasteiger partial charge in [0.1, 0.15) is 5.82 Å². The van der Waals surface area contributed by atoms with Crippen LogP contribution < -0.4 is 0 Å². The molecule has 1 aromatic carbocycles. The summed E-state index contributed by atoms with van der Waals surface area (Å²) < 4.78 is 13.5. The number of fused-ring (bicyclic) bond motifs is 2. The summed E-state index contributed by atoms with van der Waals surface area (Å²) in [7, 11) is 0. The quantitative estimate of drug-likeness (QED) is 0.751. The van der Waals surface area contributed by atoms with Gasteiger partial charge in [0.15, 0.2) is 5.78 Å². The van der Waals surface area contributed by atoms with Crippen molar-refractivity contribution in [3.63, 3.8) is 0 Å². The van der Waals surface area contributed by atoms with Crippen LogP contribution in [0.15, 0.2) is 18.2 Å². The highest BCUT2D eigenvalue weighted by Crippen LogP contribution is 2.46. The molecule has 0 aliphatic carbocycles. The zero-order valence-electron chi connectivity index (χ0n) is 10.5. The Morgan fingerprint density at radius 2 is 1.94 bits per heavy atom. The van der Waals surface area contributed by atoms with Crippen LogP contribution in [-0.4, -0.2) is 16.3 Å². The maximum atomic E-state index is 13.5. The van der Waals surface area contributed by atoms with Crippen molar-refractivity contribution in [2.75, 3.05) is 0 Å². The molecule has 18 heavy (non-hydrogen) atoms. The third-order valence-electron chi connectivity index (χ3n) is 4.12. The second-order valence-corrected chi connectivity index (χ2v) is 7.06. The average Bonchev–Trinajstić information content (AvgIpc) is 2.71. The molecule has 2 heterocycles. The number of ketones is 1. The number of aryl methyl sites for hydroxylation is 1. The normalized spacial score (nSPS) is 30.4. The van der Waals surface area contributed by atoms with E-state index in [2.05, 4.69) is 0 Å². The molecule has 2 aliphatic heterocycles. The summed E-state index contributed by atoms with van der Waals surface area (Å²) in [5.74, 6) is -0.00837. The highest BCUT2D eigenvalue weighted by molar-refractivity contribution is 8.00. The van der Waals surface area contributed by atoms with Crippen LogP contribution >= 0.6 is 11.8 Å². The summed E-state index contributed by atoms with van der Waals surface area (Å²) in [5, 5.41) is 1.32. The lowest BCUT2D eigenvalue weighted by atomic mass is 9.90. The fourth-order valence-corrected chi connectivity index (χ4v) is 4.83. The molecule has 0 N–H and O–H groups in total. The first-order valence-corrected chi connectivity index (χ1v) is 7.53. The summed E-state index contributed by atoms with van der Waals surface area (Å²) in [5.41, 5.74) is 1.15. The Kier molecular flexibility index (Phi) is 3.18. The van der Waals surface area contributed by atoms with Gasteiger partial charge in [-0.1, -0.05) is 12.1 Å². The molecule has 0 amide bonds. The van der Waals surface area contributed by atoms with Gasteiger partial charge in [-0.05, 0) is 44.2 Å². The maximum Gasteiger partial charge on any atom is 0.166 e. The predicted molar refractivity (Wildman–Crippen MR) is 72.6 cm³/mol. The van der Waals surface area contributed by atoms with E-state index in [1.165, 1.54) is 18.9 Å². The van der Waals surface area contributed by atoms with E-state index in [0.29, 0.717) is 21.6 Å². The van der Waals surface area contributed by atoms with Crippen molar-refractivity contribution in [1.82, 2.24) is 0 Å². The number of Topliss-reactive ketones (excluding diaryl/α,β-unsaturated/α-hetero) is 1. The largest absolute Gasteiger partial charge is 0.294 e. The fraction of sp³-hybridized carbons (Fsp3) is 0.533. The fourth-order valence-electron chi connectivity index (χ4n) is 3.05. The lowest BCUT2D eigenvalue weighted by molar-refractivity contribution is 0.0906. The number of rotatable bonds is 2. The van der Waals surface area contributed by atoms with E-state index in [0.717, 1.165) is 12.8 Å². The van der Waals surface area contributed by atoms with Gasteiger partial charge in [0.05, 0.1) is 0 Å². The molecular formula is C15H17FOS.